The van der Waals surface area contributed by atoms with E-state index in [4.69, 9.17) is 4.74 Å². The molecule has 1 aromatic carbocycles. The van der Waals surface area contributed by atoms with Gasteiger partial charge in [-0.15, -0.1) is 10.2 Å². The second-order valence-electron chi connectivity index (χ2n) is 7.35. The van der Waals surface area contributed by atoms with Crippen molar-refractivity contribution in [3.63, 3.8) is 0 Å². The van der Waals surface area contributed by atoms with E-state index >= 15 is 0 Å². The third kappa shape index (κ3) is 5.21. The van der Waals surface area contributed by atoms with E-state index in [1.165, 1.54) is 0 Å². The van der Waals surface area contributed by atoms with Crippen molar-refractivity contribution in [2.45, 2.75) is 38.4 Å². The Bertz CT molecular complexity index is 964. The number of hydrogen-bond acceptors (Lipinski definition) is 6. The van der Waals surface area contributed by atoms with Gasteiger partial charge in [0.1, 0.15) is 11.6 Å². The minimum Gasteiger partial charge on any atom is -0.497 e. The molecule has 0 saturated heterocycles. The number of aromatic amines is 1. The number of hydrogen-bond donors (Lipinski definition) is 2. The Kier molecular flexibility index (Phi) is 7.51. The number of amides is 1. The first-order valence-corrected chi connectivity index (χ1v) is 11.2. The number of methoxy groups -OCH3 is 1. The fourth-order valence-corrected chi connectivity index (χ4v) is 3.71. The molecule has 0 atom stereocenters. The standard InChI is InChI=1S/C21H28N6O2S/c1-14(2)13-27-18(24-26-21(27)30-4)6-5-11-22-20(28)17-12-23-25-19(17)15-7-9-16(29-3)10-8-15/h7-10,12,14H,5-6,11,13H2,1-4H3,(H,22,28)(H,23,25). The number of carbonyl (C=O) groups excluding carboxylic acids is 1. The van der Waals surface area contributed by atoms with Gasteiger partial charge in [0, 0.05) is 25.1 Å². The second-order valence-corrected chi connectivity index (χ2v) is 8.13. The molecule has 1 amide bonds. The highest BCUT2D eigenvalue weighted by Gasteiger charge is 2.16. The average Bonchev–Trinajstić information content (AvgIpc) is 3.38. The van der Waals surface area contributed by atoms with Crippen molar-refractivity contribution < 1.29 is 9.53 Å². The number of H-pyrrole nitrogens is 1. The van der Waals surface area contributed by atoms with Crippen LogP contribution >= 0.6 is 11.8 Å². The number of aromatic nitrogens is 5. The van der Waals surface area contributed by atoms with Crippen LogP contribution in [0.15, 0.2) is 35.6 Å². The smallest absolute Gasteiger partial charge is 0.255 e. The SMILES string of the molecule is COc1ccc(-c2[nH]ncc2C(=O)NCCCc2nnc(SC)n2CC(C)C)cc1. The van der Waals surface area contributed by atoms with Crippen LogP contribution in [0.3, 0.4) is 0 Å². The summed E-state index contributed by atoms with van der Waals surface area (Å²) < 4.78 is 7.36. The van der Waals surface area contributed by atoms with Gasteiger partial charge < -0.3 is 14.6 Å². The number of aryl methyl sites for hydroxylation is 1. The summed E-state index contributed by atoms with van der Waals surface area (Å²) in [4.78, 5) is 12.7. The third-order valence-corrected chi connectivity index (χ3v) is 5.32. The molecule has 0 bridgehead atoms. The highest BCUT2D eigenvalue weighted by atomic mass is 32.2. The topological polar surface area (TPSA) is 97.7 Å². The van der Waals surface area contributed by atoms with E-state index in [0.29, 0.717) is 23.7 Å². The first-order chi connectivity index (χ1) is 14.5. The van der Waals surface area contributed by atoms with Gasteiger partial charge in [0.05, 0.1) is 24.6 Å². The Hall–Kier alpha value is -2.81. The maximum Gasteiger partial charge on any atom is 0.255 e. The molecule has 0 saturated carbocycles. The molecule has 3 aromatic rings. The van der Waals surface area contributed by atoms with Crippen molar-refractivity contribution in [3.05, 3.63) is 41.9 Å². The van der Waals surface area contributed by atoms with Gasteiger partial charge in [-0.2, -0.15) is 5.10 Å². The van der Waals surface area contributed by atoms with Crippen molar-refractivity contribution >= 4 is 17.7 Å². The Morgan fingerprint density at radius 3 is 2.70 bits per heavy atom. The molecule has 9 heteroatoms. The van der Waals surface area contributed by atoms with Crippen LogP contribution in [0.4, 0.5) is 0 Å². The minimum atomic E-state index is -0.150. The molecule has 8 nitrogen and oxygen atoms in total. The van der Waals surface area contributed by atoms with Crippen molar-refractivity contribution in [2.75, 3.05) is 19.9 Å². The van der Waals surface area contributed by atoms with Gasteiger partial charge in [-0.05, 0) is 42.9 Å². The molecule has 0 aliphatic carbocycles. The largest absolute Gasteiger partial charge is 0.497 e. The zero-order valence-corrected chi connectivity index (χ0v) is 18.6. The number of carbonyl (C=O) groups is 1. The van der Waals surface area contributed by atoms with Gasteiger partial charge in [0.15, 0.2) is 5.16 Å². The summed E-state index contributed by atoms with van der Waals surface area (Å²) in [7, 11) is 1.62. The summed E-state index contributed by atoms with van der Waals surface area (Å²) in [5.74, 6) is 2.09. The van der Waals surface area contributed by atoms with Crippen molar-refractivity contribution in [1.29, 1.82) is 0 Å². The highest BCUT2D eigenvalue weighted by Crippen LogP contribution is 2.23. The molecular formula is C21H28N6O2S. The van der Waals surface area contributed by atoms with E-state index < -0.39 is 0 Å². The summed E-state index contributed by atoms with van der Waals surface area (Å²) in [6.07, 6.45) is 5.11. The van der Waals surface area contributed by atoms with Crippen LogP contribution in [0.2, 0.25) is 0 Å². The van der Waals surface area contributed by atoms with Gasteiger partial charge in [-0.3, -0.25) is 9.89 Å². The molecule has 2 N–H and O–H groups in total. The van der Waals surface area contributed by atoms with Crippen LogP contribution in [0.5, 0.6) is 5.75 Å². The number of nitrogens with one attached hydrogen (secondary N) is 2. The second kappa shape index (κ2) is 10.3. The van der Waals surface area contributed by atoms with Gasteiger partial charge in [0.25, 0.3) is 5.91 Å². The minimum absolute atomic E-state index is 0.150. The Balaban J connectivity index is 1.57. The first-order valence-electron chi connectivity index (χ1n) is 9.95. The van der Waals surface area contributed by atoms with E-state index in [9.17, 15) is 4.79 Å². The lowest BCUT2D eigenvalue weighted by molar-refractivity contribution is 0.0954. The Morgan fingerprint density at radius 2 is 2.03 bits per heavy atom. The van der Waals surface area contributed by atoms with Crippen molar-refractivity contribution in [3.8, 4) is 17.0 Å². The lowest BCUT2D eigenvalue weighted by Gasteiger charge is -2.12. The van der Waals surface area contributed by atoms with E-state index in [0.717, 1.165) is 41.7 Å². The molecule has 0 fully saturated rings. The molecular weight excluding hydrogens is 400 g/mol. The molecule has 2 aromatic heterocycles. The number of thioether (sulfide) groups is 1. The lowest BCUT2D eigenvalue weighted by atomic mass is 10.1. The van der Waals surface area contributed by atoms with E-state index in [1.807, 2.05) is 30.5 Å². The predicted octanol–water partition coefficient (Wildman–Crippen LogP) is 3.42. The zero-order chi connectivity index (χ0) is 21.5. The summed E-state index contributed by atoms with van der Waals surface area (Å²) in [6.45, 7) is 5.80. The van der Waals surface area contributed by atoms with Gasteiger partial charge in [-0.25, -0.2) is 0 Å². The fraction of sp³-hybridized carbons (Fsp3) is 0.429. The average molecular weight is 429 g/mol. The molecule has 0 spiro atoms. The molecule has 3 rings (SSSR count). The number of rotatable bonds is 10. The monoisotopic (exact) mass is 428 g/mol. The Morgan fingerprint density at radius 1 is 1.27 bits per heavy atom. The van der Waals surface area contributed by atoms with E-state index in [1.54, 1.807) is 25.1 Å². The molecule has 0 unspecified atom stereocenters. The number of nitrogens with zero attached hydrogens (tertiary/aromatic N) is 4. The van der Waals surface area contributed by atoms with Crippen LogP contribution in [0.25, 0.3) is 11.3 Å². The fourth-order valence-electron chi connectivity index (χ4n) is 3.18. The maximum absolute atomic E-state index is 12.7. The van der Waals surface area contributed by atoms with Crippen molar-refractivity contribution in [1.82, 2.24) is 30.3 Å². The van der Waals surface area contributed by atoms with Crippen LogP contribution in [-0.4, -0.2) is 50.8 Å². The predicted molar refractivity (Wildman–Crippen MR) is 118 cm³/mol. The van der Waals surface area contributed by atoms with Crippen LogP contribution in [0, 0.1) is 5.92 Å². The molecule has 0 aliphatic heterocycles. The van der Waals surface area contributed by atoms with E-state index in [-0.39, 0.29) is 5.91 Å². The zero-order valence-electron chi connectivity index (χ0n) is 17.8. The molecule has 0 aliphatic rings. The van der Waals surface area contributed by atoms with Crippen LogP contribution in [-0.2, 0) is 13.0 Å². The quantitative estimate of drug-likeness (QED) is 0.379. The van der Waals surface area contributed by atoms with Gasteiger partial charge in [-0.1, -0.05) is 25.6 Å². The summed E-state index contributed by atoms with van der Waals surface area (Å²) >= 11 is 1.60. The van der Waals surface area contributed by atoms with Gasteiger partial charge >= 0.3 is 0 Å². The highest BCUT2D eigenvalue weighted by molar-refractivity contribution is 7.98. The van der Waals surface area contributed by atoms with Crippen LogP contribution < -0.4 is 10.1 Å². The summed E-state index contributed by atoms with van der Waals surface area (Å²) in [5, 5.41) is 19.5. The third-order valence-electron chi connectivity index (χ3n) is 4.65. The lowest BCUT2D eigenvalue weighted by Crippen LogP contribution is -2.25. The molecule has 160 valence electrons. The maximum atomic E-state index is 12.7. The first kappa shape index (κ1) is 21.9. The number of benzene rings is 1. The summed E-state index contributed by atoms with van der Waals surface area (Å²) in [6, 6.07) is 7.50. The molecule has 30 heavy (non-hydrogen) atoms. The van der Waals surface area contributed by atoms with E-state index in [2.05, 4.69) is 44.1 Å². The number of ether oxygens (including phenoxy) is 1. The van der Waals surface area contributed by atoms with Gasteiger partial charge in [0.2, 0.25) is 0 Å². The summed E-state index contributed by atoms with van der Waals surface area (Å²) in [5.41, 5.74) is 2.09. The molecule has 0 radical (unpaired) electrons. The van der Waals surface area contributed by atoms with Crippen molar-refractivity contribution in [2.24, 2.45) is 5.92 Å². The normalized spacial score (nSPS) is 11.1. The molecule has 2 heterocycles. The van der Waals surface area contributed by atoms with Crippen LogP contribution in [0.1, 0.15) is 36.5 Å². The Labute approximate surface area is 180 Å².